The third kappa shape index (κ3) is 3.08. The number of hydrogen-bond acceptors (Lipinski definition) is 2. The molecule has 0 amide bonds. The van der Waals surface area contributed by atoms with Gasteiger partial charge in [0.2, 0.25) is 0 Å². The van der Waals surface area contributed by atoms with Crippen LogP contribution in [0.5, 0.6) is 0 Å². The van der Waals surface area contributed by atoms with Gasteiger partial charge in [-0.15, -0.1) is 0 Å². The van der Waals surface area contributed by atoms with Gasteiger partial charge in [0.15, 0.2) is 0 Å². The molecule has 17 heavy (non-hydrogen) atoms. The van der Waals surface area contributed by atoms with Crippen molar-refractivity contribution in [1.82, 2.24) is 0 Å². The number of carboxylic acids is 1. The third-order valence-corrected chi connectivity index (χ3v) is 4.49. The van der Waals surface area contributed by atoms with E-state index in [2.05, 4.69) is 0 Å². The summed E-state index contributed by atoms with van der Waals surface area (Å²) in [6, 6.07) is 0. The molecular formula is C14H22O3. The van der Waals surface area contributed by atoms with E-state index in [-0.39, 0.29) is 17.8 Å². The van der Waals surface area contributed by atoms with Crippen molar-refractivity contribution in [2.24, 2.45) is 17.8 Å². The molecular weight excluding hydrogens is 216 g/mol. The lowest BCUT2D eigenvalue weighted by Gasteiger charge is -2.29. The summed E-state index contributed by atoms with van der Waals surface area (Å²) in [6.45, 7) is 0. The summed E-state index contributed by atoms with van der Waals surface area (Å²) in [5.74, 6) is -0.00339. The number of Topliss-reactive ketones (excluding diaryl/α,β-unsaturated/α-hetero) is 1. The number of hydrogen-bond donors (Lipinski definition) is 1. The van der Waals surface area contributed by atoms with Gasteiger partial charge < -0.3 is 5.11 Å². The van der Waals surface area contributed by atoms with Crippen LogP contribution in [0.4, 0.5) is 0 Å². The Kier molecular flexibility index (Phi) is 4.19. The smallest absolute Gasteiger partial charge is 0.306 e. The van der Waals surface area contributed by atoms with Crippen LogP contribution in [0.3, 0.4) is 0 Å². The lowest BCUT2D eigenvalue weighted by atomic mass is 9.74. The van der Waals surface area contributed by atoms with Crippen molar-refractivity contribution < 1.29 is 14.7 Å². The number of carboxylic acid groups (broad SMARTS) is 1. The van der Waals surface area contributed by atoms with E-state index in [4.69, 9.17) is 5.11 Å². The summed E-state index contributed by atoms with van der Waals surface area (Å²) >= 11 is 0. The molecule has 0 bridgehead atoms. The van der Waals surface area contributed by atoms with Gasteiger partial charge >= 0.3 is 5.97 Å². The van der Waals surface area contributed by atoms with E-state index in [1.165, 1.54) is 19.3 Å². The van der Waals surface area contributed by atoms with Gasteiger partial charge in [0.05, 0.1) is 5.92 Å². The Morgan fingerprint density at radius 3 is 1.71 bits per heavy atom. The molecule has 3 heteroatoms. The summed E-state index contributed by atoms with van der Waals surface area (Å²) in [5.41, 5.74) is 0. The second kappa shape index (κ2) is 5.65. The highest BCUT2D eigenvalue weighted by atomic mass is 16.4. The first kappa shape index (κ1) is 12.6. The lowest BCUT2D eigenvalue weighted by molar-refractivity contribution is -0.144. The quantitative estimate of drug-likeness (QED) is 0.822. The van der Waals surface area contributed by atoms with Crippen molar-refractivity contribution in [2.75, 3.05) is 0 Å². The minimum absolute atomic E-state index is 0.161. The average molecular weight is 238 g/mol. The average Bonchev–Trinajstić information content (AvgIpc) is 2.39. The van der Waals surface area contributed by atoms with E-state index in [1.807, 2.05) is 0 Å². The molecule has 2 aliphatic rings. The summed E-state index contributed by atoms with van der Waals surface area (Å²) in [7, 11) is 0. The number of ketones is 1. The van der Waals surface area contributed by atoms with Gasteiger partial charge in [0.1, 0.15) is 5.78 Å². The van der Waals surface area contributed by atoms with Crippen molar-refractivity contribution in [3.8, 4) is 0 Å². The standard InChI is InChI=1S/C14H22O3/c15-13(10-4-2-1-3-5-10)11-6-8-12(9-7-11)14(16)17/h10-12H,1-9H2,(H,16,17). The summed E-state index contributed by atoms with van der Waals surface area (Å²) in [6.07, 6.45) is 8.78. The zero-order chi connectivity index (χ0) is 12.3. The minimum atomic E-state index is -0.687. The molecule has 2 fully saturated rings. The Labute approximate surface area is 103 Å². The fraction of sp³-hybridized carbons (Fsp3) is 0.857. The molecule has 0 radical (unpaired) electrons. The van der Waals surface area contributed by atoms with Crippen molar-refractivity contribution in [3.63, 3.8) is 0 Å². The fourth-order valence-corrected chi connectivity index (χ4v) is 3.35. The molecule has 2 rings (SSSR count). The number of carbonyl (C=O) groups is 2. The Morgan fingerprint density at radius 1 is 0.706 bits per heavy atom. The first-order valence-electron chi connectivity index (χ1n) is 6.95. The van der Waals surface area contributed by atoms with E-state index in [0.29, 0.717) is 18.6 Å². The number of aliphatic carboxylic acids is 1. The Balaban J connectivity index is 1.83. The fourth-order valence-electron chi connectivity index (χ4n) is 3.35. The van der Waals surface area contributed by atoms with Crippen LogP contribution in [0.2, 0.25) is 0 Å². The molecule has 0 heterocycles. The SMILES string of the molecule is O=C(O)C1CCC(C(=O)C2CCCCC2)CC1. The van der Waals surface area contributed by atoms with Gasteiger partial charge in [-0.1, -0.05) is 19.3 Å². The molecule has 2 saturated carbocycles. The molecule has 0 aromatic carbocycles. The maximum atomic E-state index is 12.3. The van der Waals surface area contributed by atoms with Crippen molar-refractivity contribution in [1.29, 1.82) is 0 Å². The van der Waals surface area contributed by atoms with Crippen LogP contribution in [0.1, 0.15) is 57.8 Å². The Hall–Kier alpha value is -0.860. The van der Waals surface area contributed by atoms with Crippen molar-refractivity contribution in [2.45, 2.75) is 57.8 Å². The minimum Gasteiger partial charge on any atom is -0.481 e. The largest absolute Gasteiger partial charge is 0.481 e. The van der Waals surface area contributed by atoms with Gasteiger partial charge in [-0.05, 0) is 38.5 Å². The summed E-state index contributed by atoms with van der Waals surface area (Å²) in [5, 5.41) is 8.93. The molecule has 0 aromatic heterocycles. The Morgan fingerprint density at radius 2 is 1.18 bits per heavy atom. The Bertz CT molecular complexity index is 284. The molecule has 96 valence electrons. The lowest BCUT2D eigenvalue weighted by Crippen LogP contribution is -2.30. The molecule has 0 aromatic rings. The summed E-state index contributed by atoms with van der Waals surface area (Å²) in [4.78, 5) is 23.1. The van der Waals surface area contributed by atoms with Gasteiger partial charge in [0.25, 0.3) is 0 Å². The van der Waals surface area contributed by atoms with E-state index < -0.39 is 5.97 Å². The van der Waals surface area contributed by atoms with E-state index >= 15 is 0 Å². The zero-order valence-electron chi connectivity index (χ0n) is 10.4. The molecule has 0 unspecified atom stereocenters. The van der Waals surface area contributed by atoms with Crippen LogP contribution in [-0.2, 0) is 9.59 Å². The van der Waals surface area contributed by atoms with Crippen LogP contribution in [0.25, 0.3) is 0 Å². The van der Waals surface area contributed by atoms with E-state index in [0.717, 1.165) is 25.7 Å². The highest BCUT2D eigenvalue weighted by Crippen LogP contribution is 2.34. The molecule has 1 N–H and O–H groups in total. The van der Waals surface area contributed by atoms with Gasteiger partial charge in [0, 0.05) is 11.8 Å². The van der Waals surface area contributed by atoms with Crippen LogP contribution >= 0.6 is 0 Å². The first-order chi connectivity index (χ1) is 8.18. The molecule has 0 aliphatic heterocycles. The molecule has 2 aliphatic carbocycles. The maximum Gasteiger partial charge on any atom is 0.306 e. The molecule has 0 atom stereocenters. The summed E-state index contributed by atoms with van der Waals surface area (Å²) < 4.78 is 0. The van der Waals surface area contributed by atoms with Crippen molar-refractivity contribution in [3.05, 3.63) is 0 Å². The van der Waals surface area contributed by atoms with E-state index in [9.17, 15) is 9.59 Å². The predicted octanol–water partition coefficient (Wildman–Crippen LogP) is 3.03. The van der Waals surface area contributed by atoms with Crippen LogP contribution in [-0.4, -0.2) is 16.9 Å². The second-order valence-electron chi connectivity index (χ2n) is 5.62. The van der Waals surface area contributed by atoms with Crippen LogP contribution in [0.15, 0.2) is 0 Å². The maximum absolute atomic E-state index is 12.3. The molecule has 0 spiro atoms. The molecule has 3 nitrogen and oxygen atoms in total. The number of rotatable bonds is 3. The first-order valence-corrected chi connectivity index (χ1v) is 6.95. The second-order valence-corrected chi connectivity index (χ2v) is 5.62. The van der Waals surface area contributed by atoms with Crippen LogP contribution in [0, 0.1) is 17.8 Å². The van der Waals surface area contributed by atoms with Crippen LogP contribution < -0.4 is 0 Å². The molecule has 0 saturated heterocycles. The monoisotopic (exact) mass is 238 g/mol. The number of carbonyl (C=O) groups excluding carboxylic acids is 1. The van der Waals surface area contributed by atoms with Gasteiger partial charge in [-0.25, -0.2) is 0 Å². The highest BCUT2D eigenvalue weighted by Gasteiger charge is 2.33. The van der Waals surface area contributed by atoms with Gasteiger partial charge in [-0.3, -0.25) is 9.59 Å². The predicted molar refractivity (Wildman–Crippen MR) is 64.7 cm³/mol. The highest BCUT2D eigenvalue weighted by molar-refractivity contribution is 5.83. The zero-order valence-corrected chi connectivity index (χ0v) is 10.4. The van der Waals surface area contributed by atoms with Crippen molar-refractivity contribution >= 4 is 11.8 Å². The van der Waals surface area contributed by atoms with E-state index in [1.54, 1.807) is 0 Å². The third-order valence-electron chi connectivity index (χ3n) is 4.49. The topological polar surface area (TPSA) is 54.4 Å². The van der Waals surface area contributed by atoms with Gasteiger partial charge in [-0.2, -0.15) is 0 Å². The normalized spacial score (nSPS) is 31.1.